The summed E-state index contributed by atoms with van der Waals surface area (Å²) in [5.74, 6) is -4.09. The number of esters is 2. The molecule has 2 rings (SSSR count). The van der Waals surface area contributed by atoms with Gasteiger partial charge in [-0.25, -0.2) is 14.0 Å². The molecule has 0 spiro atoms. The Bertz CT molecular complexity index is 746. The molecular weight excluding hydrogens is 342 g/mol. The molecule has 1 aromatic carbocycles. The average Bonchev–Trinajstić information content (AvgIpc) is 2.59. The van der Waals surface area contributed by atoms with Crippen molar-refractivity contribution < 1.29 is 27.8 Å². The fraction of sp³-hybridized carbons (Fsp3) is 0.400. The number of hydrogen-bond donors (Lipinski definition) is 0. The molecule has 26 heavy (non-hydrogen) atoms. The maximum atomic E-state index is 14.4. The predicted octanol–water partition coefficient (Wildman–Crippen LogP) is 4.59. The molecule has 1 aromatic rings. The number of ether oxygens (including phenoxy) is 2. The summed E-state index contributed by atoms with van der Waals surface area (Å²) in [6.45, 7) is 9.94. The predicted molar refractivity (Wildman–Crippen MR) is 92.7 cm³/mol. The van der Waals surface area contributed by atoms with Crippen LogP contribution in [0.25, 0.3) is 0 Å². The molecule has 0 amide bonds. The van der Waals surface area contributed by atoms with E-state index >= 15 is 0 Å². The van der Waals surface area contributed by atoms with E-state index in [0.29, 0.717) is 31.3 Å². The second kappa shape index (κ2) is 8.25. The zero-order valence-electron chi connectivity index (χ0n) is 14.9. The summed E-state index contributed by atoms with van der Waals surface area (Å²) < 4.78 is 38.7. The molecule has 1 fully saturated rings. The number of carbonyl (C=O) groups excluding carboxylic acids is 2. The lowest BCUT2D eigenvalue weighted by atomic mass is 9.82. The van der Waals surface area contributed by atoms with Crippen molar-refractivity contribution >= 4 is 11.9 Å². The monoisotopic (exact) mass is 364 g/mol. The topological polar surface area (TPSA) is 52.6 Å². The van der Waals surface area contributed by atoms with Crippen LogP contribution in [0.5, 0.6) is 5.75 Å². The standard InChI is InChI=1S/C20H22F2O4/c1-11(2)19(23)25-14-7-5-13(6-8-14)15-9-10-16(18(22)17(15)21)26-20(24)12(3)4/h9-10,13-14H,1,3,5-8H2,2,4H3. The van der Waals surface area contributed by atoms with Gasteiger partial charge in [0.15, 0.2) is 11.6 Å². The Balaban J connectivity index is 2.05. The minimum Gasteiger partial charge on any atom is -0.459 e. The van der Waals surface area contributed by atoms with Crippen LogP contribution in [-0.2, 0) is 14.3 Å². The Kier molecular flexibility index (Phi) is 6.29. The largest absolute Gasteiger partial charge is 0.459 e. The van der Waals surface area contributed by atoms with Gasteiger partial charge in [0.25, 0.3) is 0 Å². The summed E-state index contributed by atoms with van der Waals surface area (Å²) in [4.78, 5) is 23.0. The lowest BCUT2D eigenvalue weighted by Crippen LogP contribution is -2.24. The van der Waals surface area contributed by atoms with Gasteiger partial charge >= 0.3 is 11.9 Å². The first-order valence-electron chi connectivity index (χ1n) is 8.42. The normalized spacial score (nSPS) is 19.5. The minimum atomic E-state index is -1.19. The number of carbonyl (C=O) groups is 2. The molecule has 0 unspecified atom stereocenters. The van der Waals surface area contributed by atoms with Crippen molar-refractivity contribution in [3.8, 4) is 5.75 Å². The van der Waals surface area contributed by atoms with Crippen molar-refractivity contribution in [2.45, 2.75) is 51.6 Å². The first-order chi connectivity index (χ1) is 12.2. The third-order valence-electron chi connectivity index (χ3n) is 4.36. The third-order valence-corrected chi connectivity index (χ3v) is 4.36. The van der Waals surface area contributed by atoms with Gasteiger partial charge in [0.05, 0.1) is 0 Å². The van der Waals surface area contributed by atoms with Gasteiger partial charge in [-0.1, -0.05) is 19.2 Å². The molecule has 0 heterocycles. The van der Waals surface area contributed by atoms with Crippen LogP contribution < -0.4 is 4.74 Å². The van der Waals surface area contributed by atoms with Crippen LogP contribution in [0.2, 0.25) is 0 Å². The Labute approximate surface area is 151 Å². The number of halogens is 2. The second-order valence-corrected chi connectivity index (χ2v) is 6.61. The Hall–Kier alpha value is -2.50. The van der Waals surface area contributed by atoms with Gasteiger partial charge in [-0.15, -0.1) is 0 Å². The number of hydrogen-bond acceptors (Lipinski definition) is 4. The van der Waals surface area contributed by atoms with Gasteiger partial charge in [0, 0.05) is 11.1 Å². The second-order valence-electron chi connectivity index (χ2n) is 6.61. The summed E-state index contributed by atoms with van der Waals surface area (Å²) >= 11 is 0. The van der Waals surface area contributed by atoms with Crippen molar-refractivity contribution in [2.75, 3.05) is 0 Å². The minimum absolute atomic E-state index is 0.0940. The van der Waals surface area contributed by atoms with Crippen molar-refractivity contribution in [3.05, 3.63) is 53.6 Å². The molecule has 0 saturated heterocycles. The Morgan fingerprint density at radius 1 is 0.962 bits per heavy atom. The number of rotatable bonds is 5. The van der Waals surface area contributed by atoms with Crippen LogP contribution in [0.1, 0.15) is 51.0 Å². The van der Waals surface area contributed by atoms with Crippen LogP contribution in [0.15, 0.2) is 36.4 Å². The smallest absolute Gasteiger partial charge is 0.338 e. The summed E-state index contributed by atoms with van der Waals surface area (Å²) in [6.07, 6.45) is 2.03. The van der Waals surface area contributed by atoms with Crippen molar-refractivity contribution in [1.82, 2.24) is 0 Å². The molecule has 6 heteroatoms. The van der Waals surface area contributed by atoms with E-state index in [4.69, 9.17) is 9.47 Å². The average molecular weight is 364 g/mol. The van der Waals surface area contributed by atoms with E-state index in [0.717, 1.165) is 0 Å². The fourth-order valence-electron chi connectivity index (χ4n) is 2.87. The van der Waals surface area contributed by atoms with Crippen molar-refractivity contribution in [2.24, 2.45) is 0 Å². The molecule has 140 valence electrons. The van der Waals surface area contributed by atoms with Crippen LogP contribution in [0.3, 0.4) is 0 Å². The fourth-order valence-corrected chi connectivity index (χ4v) is 2.87. The van der Waals surface area contributed by atoms with Crippen molar-refractivity contribution in [1.29, 1.82) is 0 Å². The number of benzene rings is 1. The molecule has 0 N–H and O–H groups in total. The molecule has 4 nitrogen and oxygen atoms in total. The molecule has 1 aliphatic rings. The summed E-state index contributed by atoms with van der Waals surface area (Å²) in [6, 6.07) is 2.69. The van der Waals surface area contributed by atoms with Crippen LogP contribution in [0.4, 0.5) is 8.78 Å². The molecule has 0 bridgehead atoms. The van der Waals surface area contributed by atoms with Gasteiger partial charge < -0.3 is 9.47 Å². The van der Waals surface area contributed by atoms with E-state index in [-0.39, 0.29) is 23.2 Å². The molecule has 1 aliphatic carbocycles. The molecule has 0 aromatic heterocycles. The maximum absolute atomic E-state index is 14.4. The highest BCUT2D eigenvalue weighted by atomic mass is 19.2. The maximum Gasteiger partial charge on any atom is 0.338 e. The van der Waals surface area contributed by atoms with Gasteiger partial charge in [0.1, 0.15) is 6.10 Å². The highest BCUT2D eigenvalue weighted by Gasteiger charge is 2.28. The van der Waals surface area contributed by atoms with Gasteiger partial charge in [-0.3, -0.25) is 0 Å². The van der Waals surface area contributed by atoms with Gasteiger partial charge in [-0.2, -0.15) is 4.39 Å². The molecule has 0 radical (unpaired) electrons. The highest BCUT2D eigenvalue weighted by molar-refractivity contribution is 5.88. The van der Waals surface area contributed by atoms with E-state index in [2.05, 4.69) is 13.2 Å². The summed E-state index contributed by atoms with van der Waals surface area (Å²) in [5, 5.41) is 0. The van der Waals surface area contributed by atoms with Crippen LogP contribution in [0, 0.1) is 11.6 Å². The van der Waals surface area contributed by atoms with Gasteiger partial charge in [-0.05, 0) is 57.1 Å². The van der Waals surface area contributed by atoms with Crippen molar-refractivity contribution in [3.63, 3.8) is 0 Å². The quantitative estimate of drug-likeness (QED) is 0.436. The van der Waals surface area contributed by atoms with E-state index in [1.165, 1.54) is 19.1 Å². The molecular formula is C20H22F2O4. The van der Waals surface area contributed by atoms with E-state index < -0.39 is 29.3 Å². The van der Waals surface area contributed by atoms with Gasteiger partial charge in [0.2, 0.25) is 5.82 Å². The SMILES string of the molecule is C=C(C)C(=O)Oc1ccc(C2CCC(OC(=O)C(=C)C)CC2)c(F)c1F. The third kappa shape index (κ3) is 4.56. The zero-order valence-corrected chi connectivity index (χ0v) is 14.9. The van der Waals surface area contributed by atoms with Crippen LogP contribution in [-0.4, -0.2) is 18.0 Å². The molecule has 0 atom stereocenters. The van der Waals surface area contributed by atoms with Crippen LogP contribution >= 0.6 is 0 Å². The summed E-state index contributed by atoms with van der Waals surface area (Å²) in [5.41, 5.74) is 0.666. The summed E-state index contributed by atoms with van der Waals surface area (Å²) in [7, 11) is 0. The first-order valence-corrected chi connectivity index (χ1v) is 8.42. The first kappa shape index (κ1) is 19.8. The zero-order chi connectivity index (χ0) is 19.4. The highest BCUT2D eigenvalue weighted by Crippen LogP contribution is 2.37. The Morgan fingerprint density at radius 2 is 1.54 bits per heavy atom. The molecule has 1 saturated carbocycles. The molecule has 0 aliphatic heterocycles. The lowest BCUT2D eigenvalue weighted by molar-refractivity contribution is -0.145. The van der Waals surface area contributed by atoms with E-state index in [9.17, 15) is 18.4 Å². The van der Waals surface area contributed by atoms with E-state index in [1.54, 1.807) is 6.92 Å². The lowest BCUT2D eigenvalue weighted by Gasteiger charge is -2.29. The van der Waals surface area contributed by atoms with E-state index in [1.807, 2.05) is 0 Å². The Morgan fingerprint density at radius 3 is 2.08 bits per heavy atom.